The van der Waals surface area contributed by atoms with Gasteiger partial charge in [0.25, 0.3) is 5.91 Å². The zero-order valence-corrected chi connectivity index (χ0v) is 14.7. The molecule has 0 bridgehead atoms. The van der Waals surface area contributed by atoms with Crippen molar-refractivity contribution in [1.82, 2.24) is 10.2 Å². The monoisotopic (exact) mass is 314 g/mol. The largest absolute Gasteiger partial charge is 0.350 e. The normalized spacial score (nSPS) is 20.1. The summed E-state index contributed by atoms with van der Waals surface area (Å²) in [5.41, 5.74) is 3.75. The molecule has 1 fully saturated rings. The van der Waals surface area contributed by atoms with Crippen LogP contribution in [0.4, 0.5) is 0 Å². The molecule has 0 unspecified atom stereocenters. The molecule has 3 rings (SSSR count). The smallest absolute Gasteiger partial charge is 0.251 e. The molecule has 0 spiro atoms. The second kappa shape index (κ2) is 7.04. The number of benzene rings is 1. The second-order valence-electron chi connectivity index (χ2n) is 7.55. The molecule has 0 aromatic heterocycles. The minimum absolute atomic E-state index is 0.0881. The van der Waals surface area contributed by atoms with Gasteiger partial charge in [-0.05, 0) is 69.5 Å². The molecule has 0 saturated heterocycles. The number of amides is 1. The van der Waals surface area contributed by atoms with Crippen molar-refractivity contribution in [3.63, 3.8) is 0 Å². The van der Waals surface area contributed by atoms with Crippen LogP contribution >= 0.6 is 0 Å². The first-order chi connectivity index (χ1) is 11.1. The lowest BCUT2D eigenvalue weighted by atomic mass is 9.88. The van der Waals surface area contributed by atoms with Crippen molar-refractivity contribution >= 4 is 5.91 Å². The summed E-state index contributed by atoms with van der Waals surface area (Å²) in [7, 11) is 4.32. The molecular formula is C20H30N2O. The Morgan fingerprint density at radius 1 is 1.04 bits per heavy atom. The number of likely N-dealkylation sites (N-methyl/N-ethyl adjacent to an activating group) is 1. The van der Waals surface area contributed by atoms with E-state index in [1.807, 2.05) is 6.07 Å². The highest BCUT2D eigenvalue weighted by atomic mass is 16.1. The maximum Gasteiger partial charge on any atom is 0.251 e. The number of nitrogens with zero attached hydrogens (tertiary/aromatic N) is 1. The summed E-state index contributed by atoms with van der Waals surface area (Å²) < 4.78 is 0. The Labute approximate surface area is 140 Å². The van der Waals surface area contributed by atoms with Crippen LogP contribution in [0.3, 0.4) is 0 Å². The van der Waals surface area contributed by atoms with E-state index in [1.54, 1.807) is 0 Å². The van der Waals surface area contributed by atoms with Crippen LogP contribution in [-0.2, 0) is 12.8 Å². The van der Waals surface area contributed by atoms with Crippen molar-refractivity contribution in [3.05, 3.63) is 34.9 Å². The molecule has 2 aliphatic rings. The summed E-state index contributed by atoms with van der Waals surface area (Å²) >= 11 is 0. The van der Waals surface area contributed by atoms with Crippen molar-refractivity contribution < 1.29 is 4.79 Å². The molecule has 0 atom stereocenters. The average molecular weight is 314 g/mol. The van der Waals surface area contributed by atoms with Gasteiger partial charge in [0.2, 0.25) is 0 Å². The van der Waals surface area contributed by atoms with Crippen LogP contribution in [0.5, 0.6) is 0 Å². The lowest BCUT2D eigenvalue weighted by Crippen LogP contribution is -2.52. The summed E-state index contributed by atoms with van der Waals surface area (Å²) in [6, 6.07) is 6.24. The number of carbonyl (C=O) groups excluding carboxylic acids is 1. The third-order valence-corrected chi connectivity index (χ3v) is 5.92. The van der Waals surface area contributed by atoms with Crippen molar-refractivity contribution in [1.29, 1.82) is 0 Å². The van der Waals surface area contributed by atoms with Gasteiger partial charge in [0, 0.05) is 17.6 Å². The van der Waals surface area contributed by atoms with E-state index in [1.165, 1.54) is 62.5 Å². The Hall–Kier alpha value is -1.35. The molecule has 1 saturated carbocycles. The topological polar surface area (TPSA) is 32.3 Å². The van der Waals surface area contributed by atoms with Crippen LogP contribution in [0, 0.1) is 0 Å². The van der Waals surface area contributed by atoms with Gasteiger partial charge in [0.1, 0.15) is 0 Å². The van der Waals surface area contributed by atoms with E-state index in [0.717, 1.165) is 18.5 Å². The third-order valence-electron chi connectivity index (χ3n) is 5.92. The third kappa shape index (κ3) is 3.60. The number of nitrogens with one attached hydrogen (secondary N) is 1. The first-order valence-corrected chi connectivity index (χ1v) is 9.18. The number of hydrogen-bond donors (Lipinski definition) is 1. The predicted molar refractivity (Wildman–Crippen MR) is 94.9 cm³/mol. The van der Waals surface area contributed by atoms with Crippen LogP contribution in [-0.4, -0.2) is 37.0 Å². The fourth-order valence-electron chi connectivity index (χ4n) is 4.23. The Morgan fingerprint density at radius 3 is 2.43 bits per heavy atom. The quantitative estimate of drug-likeness (QED) is 0.862. The van der Waals surface area contributed by atoms with Gasteiger partial charge in [-0.2, -0.15) is 0 Å². The van der Waals surface area contributed by atoms with E-state index >= 15 is 0 Å². The fourth-order valence-corrected chi connectivity index (χ4v) is 4.23. The Kier molecular flexibility index (Phi) is 5.05. The first-order valence-electron chi connectivity index (χ1n) is 9.18. The van der Waals surface area contributed by atoms with E-state index in [-0.39, 0.29) is 11.4 Å². The molecule has 126 valence electrons. The summed E-state index contributed by atoms with van der Waals surface area (Å²) in [6.07, 6.45) is 11.1. The number of fused-ring (bicyclic) bond motifs is 1. The standard InChI is InChI=1S/C20H30N2O/c1-22(2)20(12-5-3-4-6-13-20)15-21-19(23)18-11-10-16-8-7-9-17(16)14-18/h10-11,14H,3-9,12-13,15H2,1-2H3,(H,21,23). The summed E-state index contributed by atoms with van der Waals surface area (Å²) in [6.45, 7) is 0.760. The van der Waals surface area contributed by atoms with Crippen molar-refractivity contribution in [2.45, 2.75) is 63.3 Å². The minimum atomic E-state index is 0.0881. The highest BCUT2D eigenvalue weighted by molar-refractivity contribution is 5.94. The molecule has 3 heteroatoms. The molecule has 1 N–H and O–H groups in total. The molecule has 2 aliphatic carbocycles. The van der Waals surface area contributed by atoms with Crippen molar-refractivity contribution in [2.75, 3.05) is 20.6 Å². The van der Waals surface area contributed by atoms with E-state index in [2.05, 4.69) is 36.4 Å². The summed E-state index contributed by atoms with van der Waals surface area (Å²) in [4.78, 5) is 14.9. The zero-order chi connectivity index (χ0) is 16.3. The molecule has 0 radical (unpaired) electrons. The van der Waals surface area contributed by atoms with E-state index < -0.39 is 0 Å². The predicted octanol–water partition coefficient (Wildman–Crippen LogP) is 3.56. The average Bonchev–Trinajstić information content (AvgIpc) is 2.88. The molecular weight excluding hydrogens is 284 g/mol. The highest BCUT2D eigenvalue weighted by Crippen LogP contribution is 2.30. The lowest BCUT2D eigenvalue weighted by Gasteiger charge is -2.39. The van der Waals surface area contributed by atoms with Crippen LogP contribution in [0.2, 0.25) is 0 Å². The molecule has 0 heterocycles. The van der Waals surface area contributed by atoms with Gasteiger partial charge in [-0.1, -0.05) is 31.7 Å². The number of aryl methyl sites for hydroxylation is 2. The highest BCUT2D eigenvalue weighted by Gasteiger charge is 2.33. The lowest BCUT2D eigenvalue weighted by molar-refractivity contribution is 0.0869. The van der Waals surface area contributed by atoms with Gasteiger partial charge in [-0.15, -0.1) is 0 Å². The summed E-state index contributed by atoms with van der Waals surface area (Å²) in [5, 5.41) is 3.23. The SMILES string of the molecule is CN(C)C1(CNC(=O)c2ccc3c(c2)CCC3)CCCCCC1. The minimum Gasteiger partial charge on any atom is -0.350 e. The molecule has 23 heavy (non-hydrogen) atoms. The van der Waals surface area contributed by atoms with Gasteiger partial charge >= 0.3 is 0 Å². The van der Waals surface area contributed by atoms with Gasteiger partial charge in [0.05, 0.1) is 0 Å². The molecule has 1 aromatic rings. The Morgan fingerprint density at radius 2 is 1.74 bits per heavy atom. The van der Waals surface area contributed by atoms with Crippen LogP contribution in [0.15, 0.2) is 18.2 Å². The van der Waals surface area contributed by atoms with E-state index in [9.17, 15) is 4.79 Å². The van der Waals surface area contributed by atoms with E-state index in [0.29, 0.717) is 0 Å². The molecule has 1 aromatic carbocycles. The van der Waals surface area contributed by atoms with Gasteiger partial charge in [-0.3, -0.25) is 4.79 Å². The first kappa shape index (κ1) is 16.5. The molecule has 0 aliphatic heterocycles. The number of rotatable bonds is 4. The van der Waals surface area contributed by atoms with Gasteiger partial charge < -0.3 is 10.2 Å². The number of hydrogen-bond acceptors (Lipinski definition) is 2. The summed E-state index contributed by atoms with van der Waals surface area (Å²) in [5.74, 6) is 0.0881. The number of carbonyl (C=O) groups is 1. The fraction of sp³-hybridized carbons (Fsp3) is 0.650. The van der Waals surface area contributed by atoms with Gasteiger partial charge in [0.15, 0.2) is 0 Å². The molecule has 3 nitrogen and oxygen atoms in total. The molecule has 1 amide bonds. The maximum atomic E-state index is 12.6. The zero-order valence-electron chi connectivity index (χ0n) is 14.7. The Balaban J connectivity index is 1.67. The maximum absolute atomic E-state index is 12.6. The van der Waals surface area contributed by atoms with Crippen molar-refractivity contribution in [2.24, 2.45) is 0 Å². The van der Waals surface area contributed by atoms with Crippen LogP contribution < -0.4 is 5.32 Å². The van der Waals surface area contributed by atoms with Crippen molar-refractivity contribution in [3.8, 4) is 0 Å². The van der Waals surface area contributed by atoms with E-state index in [4.69, 9.17) is 0 Å². The second-order valence-corrected chi connectivity index (χ2v) is 7.55. The van der Waals surface area contributed by atoms with Crippen LogP contribution in [0.25, 0.3) is 0 Å². The van der Waals surface area contributed by atoms with Gasteiger partial charge in [-0.25, -0.2) is 0 Å². The van der Waals surface area contributed by atoms with Crippen LogP contribution in [0.1, 0.15) is 66.4 Å². The Bertz CT molecular complexity index is 557.